The second kappa shape index (κ2) is 4.61. The summed E-state index contributed by atoms with van der Waals surface area (Å²) in [6.07, 6.45) is 3.11. The Morgan fingerprint density at radius 3 is 2.59 bits per heavy atom. The lowest BCUT2D eigenvalue weighted by molar-refractivity contribution is 0.0695. The number of hydrogen-bond donors (Lipinski definition) is 1. The number of carbonyl (C=O) groups is 1. The van der Waals surface area contributed by atoms with E-state index in [1.165, 1.54) is 6.07 Å². The van der Waals surface area contributed by atoms with Gasteiger partial charge < -0.3 is 9.84 Å². The molecule has 0 bridgehead atoms. The lowest BCUT2D eigenvalue weighted by atomic mass is 10.1. The number of aromatic carboxylic acids is 1. The number of ether oxygens (including phenoxy) is 1. The summed E-state index contributed by atoms with van der Waals surface area (Å²) in [6.45, 7) is 1.68. The van der Waals surface area contributed by atoms with Crippen molar-refractivity contribution in [3.05, 3.63) is 47.8 Å². The van der Waals surface area contributed by atoms with Gasteiger partial charge >= 0.3 is 12.0 Å². The summed E-state index contributed by atoms with van der Waals surface area (Å²) >= 11 is 0. The summed E-state index contributed by atoms with van der Waals surface area (Å²) in [5.41, 5.74) is 0.755. The Bertz CT molecular complexity index is 541. The minimum atomic E-state index is -0.984. The number of rotatable bonds is 3. The predicted octanol–water partition coefficient (Wildman–Crippen LogP) is 2.28. The second-order valence-corrected chi connectivity index (χ2v) is 3.37. The maximum atomic E-state index is 10.9. The highest BCUT2D eigenvalue weighted by Crippen LogP contribution is 2.24. The van der Waals surface area contributed by atoms with Crippen molar-refractivity contribution in [1.29, 1.82) is 0 Å². The molecule has 17 heavy (non-hydrogen) atoms. The molecule has 1 heterocycles. The number of hydrogen-bond acceptors (Lipinski definition) is 4. The summed E-state index contributed by atoms with van der Waals surface area (Å²) in [6, 6.07) is 6.69. The summed E-state index contributed by atoms with van der Waals surface area (Å²) in [4.78, 5) is 18.8. The van der Waals surface area contributed by atoms with Gasteiger partial charge in [0.15, 0.2) is 0 Å². The van der Waals surface area contributed by atoms with Crippen LogP contribution in [0.4, 0.5) is 0 Å². The quantitative estimate of drug-likeness (QED) is 0.875. The van der Waals surface area contributed by atoms with Gasteiger partial charge in [-0.3, -0.25) is 0 Å². The Morgan fingerprint density at radius 2 is 1.94 bits per heavy atom. The molecule has 5 heteroatoms. The molecule has 1 aromatic heterocycles. The SMILES string of the molecule is Cc1c(Oc2ncccn2)cccc1C(=O)O. The average molecular weight is 230 g/mol. The molecule has 86 valence electrons. The molecule has 0 spiro atoms. The Labute approximate surface area is 97.7 Å². The van der Waals surface area contributed by atoms with E-state index in [0.29, 0.717) is 11.3 Å². The van der Waals surface area contributed by atoms with Crippen molar-refractivity contribution in [3.8, 4) is 11.8 Å². The Hall–Kier alpha value is -2.43. The summed E-state index contributed by atoms with van der Waals surface area (Å²) in [5.74, 6) is -0.543. The molecule has 0 aliphatic carbocycles. The van der Waals surface area contributed by atoms with Crippen LogP contribution in [-0.2, 0) is 0 Å². The highest BCUT2D eigenvalue weighted by molar-refractivity contribution is 5.90. The zero-order chi connectivity index (χ0) is 12.3. The molecule has 0 fully saturated rings. The van der Waals surface area contributed by atoms with Crippen LogP contribution >= 0.6 is 0 Å². The molecule has 2 rings (SSSR count). The molecule has 0 saturated carbocycles. The topological polar surface area (TPSA) is 72.3 Å². The molecule has 0 radical (unpaired) electrons. The molecule has 0 aliphatic rings. The van der Waals surface area contributed by atoms with Crippen molar-refractivity contribution in [2.24, 2.45) is 0 Å². The Kier molecular flexibility index (Phi) is 3.00. The molecule has 0 saturated heterocycles. The average Bonchev–Trinajstić information content (AvgIpc) is 2.33. The van der Waals surface area contributed by atoms with E-state index < -0.39 is 5.97 Å². The number of aromatic nitrogens is 2. The van der Waals surface area contributed by atoms with Gasteiger partial charge in [-0.15, -0.1) is 0 Å². The maximum absolute atomic E-state index is 10.9. The van der Waals surface area contributed by atoms with E-state index in [1.807, 2.05) is 0 Å². The third-order valence-electron chi connectivity index (χ3n) is 2.26. The third kappa shape index (κ3) is 2.39. The minimum Gasteiger partial charge on any atom is -0.478 e. The number of benzene rings is 1. The van der Waals surface area contributed by atoms with Gasteiger partial charge in [0.2, 0.25) is 0 Å². The van der Waals surface area contributed by atoms with Crippen molar-refractivity contribution in [2.45, 2.75) is 6.92 Å². The first kappa shape index (κ1) is 11.1. The molecule has 5 nitrogen and oxygen atoms in total. The molecule has 0 amide bonds. The Balaban J connectivity index is 2.34. The van der Waals surface area contributed by atoms with Crippen LogP contribution in [0.15, 0.2) is 36.7 Å². The highest BCUT2D eigenvalue weighted by Gasteiger charge is 2.11. The van der Waals surface area contributed by atoms with Gasteiger partial charge in [0.1, 0.15) is 5.75 Å². The van der Waals surface area contributed by atoms with Crippen LogP contribution in [0, 0.1) is 6.92 Å². The molecule has 2 aromatic rings. The van der Waals surface area contributed by atoms with E-state index in [4.69, 9.17) is 9.84 Å². The molecule has 0 atom stereocenters. The van der Waals surface area contributed by atoms with Gasteiger partial charge in [-0.1, -0.05) is 6.07 Å². The largest absolute Gasteiger partial charge is 0.478 e. The lowest BCUT2D eigenvalue weighted by Gasteiger charge is -2.08. The van der Waals surface area contributed by atoms with Crippen LogP contribution in [0.25, 0.3) is 0 Å². The van der Waals surface area contributed by atoms with Gasteiger partial charge in [0.25, 0.3) is 0 Å². The smallest absolute Gasteiger partial charge is 0.336 e. The first-order valence-corrected chi connectivity index (χ1v) is 4.96. The van der Waals surface area contributed by atoms with Crippen molar-refractivity contribution >= 4 is 5.97 Å². The Morgan fingerprint density at radius 1 is 1.24 bits per heavy atom. The van der Waals surface area contributed by atoms with Gasteiger partial charge in [0.05, 0.1) is 5.56 Å². The molecular formula is C12H10N2O3. The number of nitrogens with zero attached hydrogens (tertiary/aromatic N) is 2. The molecule has 0 unspecified atom stereocenters. The normalized spacial score (nSPS) is 9.94. The fourth-order valence-electron chi connectivity index (χ4n) is 1.39. The van der Waals surface area contributed by atoms with Crippen molar-refractivity contribution in [1.82, 2.24) is 9.97 Å². The zero-order valence-electron chi connectivity index (χ0n) is 9.12. The fourth-order valence-corrected chi connectivity index (χ4v) is 1.39. The predicted molar refractivity (Wildman–Crippen MR) is 60.2 cm³/mol. The monoisotopic (exact) mass is 230 g/mol. The van der Waals surface area contributed by atoms with Crippen molar-refractivity contribution in [3.63, 3.8) is 0 Å². The van der Waals surface area contributed by atoms with Crippen LogP contribution in [-0.4, -0.2) is 21.0 Å². The number of carboxylic acids is 1. The van der Waals surface area contributed by atoms with Crippen LogP contribution in [0.2, 0.25) is 0 Å². The van der Waals surface area contributed by atoms with Crippen LogP contribution in [0.3, 0.4) is 0 Å². The van der Waals surface area contributed by atoms with Crippen LogP contribution in [0.5, 0.6) is 11.8 Å². The maximum Gasteiger partial charge on any atom is 0.336 e. The fraction of sp³-hybridized carbons (Fsp3) is 0.0833. The molecule has 0 aliphatic heterocycles. The highest BCUT2D eigenvalue weighted by atomic mass is 16.5. The van der Waals surface area contributed by atoms with Gasteiger partial charge in [0, 0.05) is 18.0 Å². The van der Waals surface area contributed by atoms with Gasteiger partial charge in [-0.05, 0) is 25.1 Å². The van der Waals surface area contributed by atoms with E-state index in [1.54, 1.807) is 37.5 Å². The summed E-state index contributed by atoms with van der Waals surface area (Å²) in [5, 5.41) is 8.97. The lowest BCUT2D eigenvalue weighted by Crippen LogP contribution is -2.01. The summed E-state index contributed by atoms with van der Waals surface area (Å²) < 4.78 is 5.41. The zero-order valence-corrected chi connectivity index (χ0v) is 9.12. The van der Waals surface area contributed by atoms with Crippen molar-refractivity contribution < 1.29 is 14.6 Å². The molecule has 1 aromatic carbocycles. The van der Waals surface area contributed by atoms with E-state index in [9.17, 15) is 4.79 Å². The van der Waals surface area contributed by atoms with E-state index in [-0.39, 0.29) is 11.6 Å². The van der Waals surface area contributed by atoms with E-state index in [2.05, 4.69) is 9.97 Å². The molecular weight excluding hydrogens is 220 g/mol. The molecule has 1 N–H and O–H groups in total. The van der Waals surface area contributed by atoms with Gasteiger partial charge in [-0.25, -0.2) is 14.8 Å². The van der Waals surface area contributed by atoms with E-state index in [0.717, 1.165) is 0 Å². The number of carboxylic acid groups (broad SMARTS) is 1. The van der Waals surface area contributed by atoms with Crippen LogP contribution < -0.4 is 4.74 Å². The first-order chi connectivity index (χ1) is 8.18. The second-order valence-electron chi connectivity index (χ2n) is 3.37. The standard InChI is InChI=1S/C12H10N2O3/c1-8-9(11(15)16)4-2-5-10(8)17-12-13-6-3-7-14-12/h2-7H,1H3,(H,15,16). The van der Waals surface area contributed by atoms with Crippen molar-refractivity contribution in [2.75, 3.05) is 0 Å². The van der Waals surface area contributed by atoms with Gasteiger partial charge in [-0.2, -0.15) is 0 Å². The summed E-state index contributed by atoms with van der Waals surface area (Å²) in [7, 11) is 0. The third-order valence-corrected chi connectivity index (χ3v) is 2.26. The van der Waals surface area contributed by atoms with Crippen LogP contribution in [0.1, 0.15) is 15.9 Å². The first-order valence-electron chi connectivity index (χ1n) is 4.96. The minimum absolute atomic E-state index is 0.193. The van der Waals surface area contributed by atoms with E-state index >= 15 is 0 Å².